The topological polar surface area (TPSA) is 60.8 Å². The van der Waals surface area contributed by atoms with Crippen molar-refractivity contribution < 1.29 is 4.74 Å². The molecule has 0 N–H and O–H groups in total. The van der Waals surface area contributed by atoms with E-state index in [2.05, 4.69) is 109 Å². The number of pyridine rings is 2. The summed E-state index contributed by atoms with van der Waals surface area (Å²) in [5.41, 5.74) is 9.17. The van der Waals surface area contributed by atoms with Crippen molar-refractivity contribution in [1.29, 1.82) is 0 Å². The number of para-hydroxylation sites is 1. The van der Waals surface area contributed by atoms with Gasteiger partial charge in [-0.2, -0.15) is 8.75 Å². The Hall–Kier alpha value is -6.24. The molecule has 49 heavy (non-hydrogen) atoms. The minimum Gasteiger partial charge on any atom is -0.496 e. The molecule has 5 nitrogen and oxygen atoms in total. The molecule has 0 fully saturated rings. The number of aromatic nitrogens is 4. The van der Waals surface area contributed by atoms with Crippen LogP contribution in [0.4, 0.5) is 0 Å². The van der Waals surface area contributed by atoms with Crippen LogP contribution in [0.25, 0.3) is 98.8 Å². The summed E-state index contributed by atoms with van der Waals surface area (Å²) in [4.78, 5) is 10.4. The first kappa shape index (κ1) is 27.8. The van der Waals surface area contributed by atoms with E-state index in [-0.39, 0.29) is 0 Å². The number of hydrogen-bond acceptors (Lipinski definition) is 6. The maximum absolute atomic E-state index is 5.64. The molecule has 0 atom stereocenters. The van der Waals surface area contributed by atoms with Crippen molar-refractivity contribution in [2.75, 3.05) is 7.11 Å². The monoisotopic (exact) mass is 646 g/mol. The van der Waals surface area contributed by atoms with Gasteiger partial charge < -0.3 is 4.74 Å². The van der Waals surface area contributed by atoms with Gasteiger partial charge in [-0.25, -0.2) is 9.97 Å². The van der Waals surface area contributed by atoms with Crippen molar-refractivity contribution in [2.45, 2.75) is 0 Å². The smallest absolute Gasteiger partial charge is 0.128 e. The summed E-state index contributed by atoms with van der Waals surface area (Å²) in [5.74, 6) is 0.787. The highest BCUT2D eigenvalue weighted by Gasteiger charge is 2.17. The molecule has 7 aromatic carbocycles. The fourth-order valence-corrected chi connectivity index (χ4v) is 7.88. The van der Waals surface area contributed by atoms with E-state index in [1.807, 2.05) is 30.3 Å². The summed E-state index contributed by atoms with van der Waals surface area (Å²) in [6, 6.07) is 48.9. The molecule has 0 radical (unpaired) electrons. The van der Waals surface area contributed by atoms with Gasteiger partial charge in [0.05, 0.1) is 41.3 Å². The number of methoxy groups -OCH3 is 1. The molecule has 10 aromatic rings. The zero-order valence-electron chi connectivity index (χ0n) is 26.4. The second kappa shape index (κ2) is 10.9. The number of fused-ring (bicyclic) bond motifs is 10. The molecule has 0 bridgehead atoms. The summed E-state index contributed by atoms with van der Waals surface area (Å²) < 4.78 is 15.3. The zero-order chi connectivity index (χ0) is 32.5. The van der Waals surface area contributed by atoms with Gasteiger partial charge in [0.15, 0.2) is 0 Å². The van der Waals surface area contributed by atoms with Gasteiger partial charge in [0.25, 0.3) is 0 Å². The first-order valence-electron chi connectivity index (χ1n) is 16.2. The van der Waals surface area contributed by atoms with Crippen molar-refractivity contribution in [3.63, 3.8) is 0 Å². The van der Waals surface area contributed by atoms with Gasteiger partial charge in [-0.1, -0.05) is 103 Å². The molecule has 230 valence electrons. The molecule has 10 rings (SSSR count). The van der Waals surface area contributed by atoms with E-state index in [1.165, 1.54) is 44.0 Å². The van der Waals surface area contributed by atoms with Crippen molar-refractivity contribution in [2.24, 2.45) is 0 Å². The summed E-state index contributed by atoms with van der Waals surface area (Å²) in [7, 11) is 1.69. The predicted molar refractivity (Wildman–Crippen MR) is 203 cm³/mol. The van der Waals surface area contributed by atoms with Gasteiger partial charge in [0.2, 0.25) is 0 Å². The minimum absolute atomic E-state index is 0.787. The Bertz CT molecular complexity index is 2910. The van der Waals surface area contributed by atoms with Crippen LogP contribution in [-0.4, -0.2) is 25.8 Å². The zero-order valence-corrected chi connectivity index (χ0v) is 27.2. The first-order chi connectivity index (χ1) is 24.2. The van der Waals surface area contributed by atoms with Gasteiger partial charge in [-0.05, 0) is 74.3 Å². The van der Waals surface area contributed by atoms with Crippen LogP contribution in [0.1, 0.15) is 0 Å². The Morgan fingerprint density at radius 1 is 0.429 bits per heavy atom. The molecular weight excluding hydrogens is 621 g/mol. The van der Waals surface area contributed by atoms with E-state index in [0.717, 1.165) is 72.2 Å². The molecule has 3 heterocycles. The molecule has 0 spiro atoms. The van der Waals surface area contributed by atoms with Gasteiger partial charge >= 0.3 is 0 Å². The highest BCUT2D eigenvalue weighted by Crippen LogP contribution is 2.40. The predicted octanol–water partition coefficient (Wildman–Crippen LogP) is 11.3. The summed E-state index contributed by atoms with van der Waals surface area (Å²) in [6.45, 7) is 0. The largest absolute Gasteiger partial charge is 0.496 e. The van der Waals surface area contributed by atoms with Crippen molar-refractivity contribution in [3.05, 3.63) is 140 Å². The van der Waals surface area contributed by atoms with E-state index >= 15 is 0 Å². The lowest BCUT2D eigenvalue weighted by molar-refractivity contribution is 0.416. The highest BCUT2D eigenvalue weighted by atomic mass is 32.1. The second-order valence-electron chi connectivity index (χ2n) is 12.3. The van der Waals surface area contributed by atoms with Crippen molar-refractivity contribution >= 4 is 76.9 Å². The Balaban J connectivity index is 1.13. The molecule has 0 saturated heterocycles. The SMILES string of the molecule is COc1ccccc1-c1ccc2ccc3ccc(-c4ccc(-c5ccc6c7ccccc7c7ccccc7c6c5)c5nsnc45)nc3c2n1. The third-order valence-electron chi connectivity index (χ3n) is 9.65. The summed E-state index contributed by atoms with van der Waals surface area (Å²) >= 11 is 1.24. The lowest BCUT2D eigenvalue weighted by Crippen LogP contribution is -1.93. The number of benzene rings is 7. The normalized spacial score (nSPS) is 11.8. The standard InChI is InChI=1S/C43H26N4OS/c1-48-39-13-7-6-12-34(39)37-22-17-25-14-15-26-18-23-38(45-41(26)40(25)44-37)35-21-20-28(42-43(35)47-49-46-42)27-16-19-33-31-10-3-2-8-29(31)30-9-4-5-11-32(30)36(33)24-27/h2-24H,1H3. The maximum atomic E-state index is 5.64. The van der Waals surface area contributed by atoms with Crippen LogP contribution in [0.2, 0.25) is 0 Å². The maximum Gasteiger partial charge on any atom is 0.128 e. The quantitative estimate of drug-likeness (QED) is 0.178. The van der Waals surface area contributed by atoms with Crippen LogP contribution in [0.15, 0.2) is 140 Å². The van der Waals surface area contributed by atoms with Crippen molar-refractivity contribution in [3.8, 4) is 39.4 Å². The molecule has 3 aromatic heterocycles. The molecule has 0 aliphatic carbocycles. The van der Waals surface area contributed by atoms with Gasteiger partial charge in [-0.15, -0.1) is 0 Å². The second-order valence-corrected chi connectivity index (χ2v) is 12.8. The molecule has 0 aliphatic rings. The Kier molecular flexibility index (Phi) is 6.19. The minimum atomic E-state index is 0.787. The van der Waals surface area contributed by atoms with Crippen LogP contribution in [0.3, 0.4) is 0 Å². The Morgan fingerprint density at radius 3 is 1.59 bits per heavy atom. The van der Waals surface area contributed by atoms with Crippen LogP contribution < -0.4 is 4.74 Å². The van der Waals surface area contributed by atoms with Crippen LogP contribution in [0, 0.1) is 0 Å². The molecule has 0 unspecified atom stereocenters. The molecule has 6 heteroatoms. The first-order valence-corrected chi connectivity index (χ1v) is 16.9. The van der Waals surface area contributed by atoms with E-state index in [4.69, 9.17) is 23.5 Å². The number of rotatable bonds is 4. The number of ether oxygens (including phenoxy) is 1. The number of nitrogens with zero attached hydrogens (tertiary/aromatic N) is 4. The Morgan fingerprint density at radius 2 is 0.939 bits per heavy atom. The molecular formula is C43H26N4OS. The van der Waals surface area contributed by atoms with Gasteiger partial charge in [0, 0.05) is 27.5 Å². The van der Waals surface area contributed by atoms with E-state index in [0.29, 0.717) is 0 Å². The molecule has 0 amide bonds. The van der Waals surface area contributed by atoms with Gasteiger partial charge in [-0.3, -0.25) is 0 Å². The number of hydrogen-bond donors (Lipinski definition) is 0. The third-order valence-corrected chi connectivity index (χ3v) is 10.2. The van der Waals surface area contributed by atoms with Crippen LogP contribution >= 0.6 is 11.7 Å². The molecule has 0 aliphatic heterocycles. The van der Waals surface area contributed by atoms with Crippen LogP contribution in [0.5, 0.6) is 5.75 Å². The lowest BCUT2D eigenvalue weighted by atomic mass is 9.91. The van der Waals surface area contributed by atoms with E-state index in [9.17, 15) is 0 Å². The van der Waals surface area contributed by atoms with Crippen molar-refractivity contribution in [1.82, 2.24) is 18.7 Å². The average molecular weight is 647 g/mol. The lowest BCUT2D eigenvalue weighted by Gasteiger charge is -2.13. The van der Waals surface area contributed by atoms with E-state index < -0.39 is 0 Å². The Labute approximate surface area is 285 Å². The fourth-order valence-electron chi connectivity index (χ4n) is 7.31. The highest BCUT2D eigenvalue weighted by molar-refractivity contribution is 7.00. The fraction of sp³-hybridized carbons (Fsp3) is 0.0233. The van der Waals surface area contributed by atoms with Gasteiger partial charge in [0.1, 0.15) is 16.8 Å². The molecule has 0 saturated carbocycles. The van der Waals surface area contributed by atoms with E-state index in [1.54, 1.807) is 7.11 Å². The van der Waals surface area contributed by atoms with Crippen LogP contribution in [-0.2, 0) is 0 Å². The summed E-state index contributed by atoms with van der Waals surface area (Å²) in [5, 5.41) is 9.58. The third kappa shape index (κ3) is 4.31. The summed E-state index contributed by atoms with van der Waals surface area (Å²) in [6.07, 6.45) is 0. The average Bonchev–Trinajstić information content (AvgIpc) is 3.67.